The van der Waals surface area contributed by atoms with Crippen molar-refractivity contribution in [2.75, 3.05) is 13.1 Å². The van der Waals surface area contributed by atoms with Gasteiger partial charge >= 0.3 is 0 Å². The Kier molecular flexibility index (Phi) is 8.09. The van der Waals surface area contributed by atoms with Gasteiger partial charge in [-0.1, -0.05) is 18.6 Å². The number of piperidine rings is 1. The quantitative estimate of drug-likeness (QED) is 0.872. The van der Waals surface area contributed by atoms with E-state index < -0.39 is 0 Å². The van der Waals surface area contributed by atoms with Crippen molar-refractivity contribution in [3.63, 3.8) is 0 Å². The van der Waals surface area contributed by atoms with Gasteiger partial charge in [0, 0.05) is 12.6 Å². The number of likely N-dealkylation sites (tertiary alicyclic amines) is 1. The van der Waals surface area contributed by atoms with E-state index in [-0.39, 0.29) is 18.5 Å². The van der Waals surface area contributed by atoms with Crippen LogP contribution in [0.2, 0.25) is 0 Å². The second kappa shape index (κ2) is 9.29. The summed E-state index contributed by atoms with van der Waals surface area (Å²) in [5.74, 6) is 0.977. The Bertz CT molecular complexity index is 410. The molecule has 21 heavy (non-hydrogen) atoms. The Balaban J connectivity index is 0.00000220. The molecule has 0 aliphatic carbocycles. The van der Waals surface area contributed by atoms with Gasteiger partial charge in [0.05, 0.1) is 6.10 Å². The highest BCUT2D eigenvalue weighted by Crippen LogP contribution is 2.23. The lowest BCUT2D eigenvalue weighted by Crippen LogP contribution is -2.40. The second-order valence-electron chi connectivity index (χ2n) is 6.01. The number of halogens is 1. The average Bonchev–Trinajstić information content (AvgIpc) is 2.41. The van der Waals surface area contributed by atoms with E-state index in [1.165, 1.54) is 31.4 Å². The summed E-state index contributed by atoms with van der Waals surface area (Å²) in [6.45, 7) is 7.13. The summed E-state index contributed by atoms with van der Waals surface area (Å²) < 4.78 is 5.78. The number of hydrogen-bond donors (Lipinski definition) is 1. The van der Waals surface area contributed by atoms with Crippen molar-refractivity contribution in [2.24, 2.45) is 5.73 Å². The van der Waals surface area contributed by atoms with Crippen LogP contribution < -0.4 is 10.5 Å². The van der Waals surface area contributed by atoms with Gasteiger partial charge in [0.2, 0.25) is 0 Å². The van der Waals surface area contributed by atoms with E-state index in [1.807, 2.05) is 6.07 Å². The van der Waals surface area contributed by atoms with Crippen molar-refractivity contribution in [3.8, 4) is 5.75 Å². The lowest BCUT2D eigenvalue weighted by molar-refractivity contribution is 0.134. The molecule has 1 atom stereocenters. The van der Waals surface area contributed by atoms with E-state index >= 15 is 0 Å². The normalized spacial score (nSPS) is 19.3. The molecule has 1 aromatic carbocycles. The third-order valence-corrected chi connectivity index (χ3v) is 3.90. The smallest absolute Gasteiger partial charge is 0.120 e. The lowest BCUT2D eigenvalue weighted by Gasteiger charge is -2.35. The van der Waals surface area contributed by atoms with E-state index in [0.717, 1.165) is 25.3 Å². The predicted octanol–water partition coefficient (Wildman–Crippen LogP) is 3.60. The summed E-state index contributed by atoms with van der Waals surface area (Å²) >= 11 is 0. The predicted molar refractivity (Wildman–Crippen MR) is 91.2 cm³/mol. The maximum atomic E-state index is 5.78. The van der Waals surface area contributed by atoms with Crippen molar-refractivity contribution in [2.45, 2.75) is 58.2 Å². The molecule has 0 radical (unpaired) electrons. The first-order valence-electron chi connectivity index (χ1n) is 7.88. The summed E-state index contributed by atoms with van der Waals surface area (Å²) in [7, 11) is 0. The number of rotatable bonds is 6. The summed E-state index contributed by atoms with van der Waals surface area (Å²) in [6.07, 6.45) is 5.29. The molecule has 1 aromatic rings. The van der Waals surface area contributed by atoms with Crippen molar-refractivity contribution in [1.82, 2.24) is 4.90 Å². The average molecular weight is 313 g/mol. The monoisotopic (exact) mass is 312 g/mol. The van der Waals surface area contributed by atoms with Crippen LogP contribution in [-0.2, 0) is 6.54 Å². The molecule has 0 amide bonds. The van der Waals surface area contributed by atoms with Crippen LogP contribution in [0.1, 0.15) is 45.1 Å². The van der Waals surface area contributed by atoms with Crippen LogP contribution in [-0.4, -0.2) is 30.1 Å². The second-order valence-corrected chi connectivity index (χ2v) is 6.01. The van der Waals surface area contributed by atoms with Gasteiger partial charge in [-0.15, -0.1) is 12.4 Å². The Labute approximate surface area is 135 Å². The minimum atomic E-state index is 0. The van der Waals surface area contributed by atoms with Gasteiger partial charge < -0.3 is 10.5 Å². The van der Waals surface area contributed by atoms with Gasteiger partial charge in [-0.25, -0.2) is 0 Å². The number of benzene rings is 1. The highest BCUT2D eigenvalue weighted by atomic mass is 35.5. The van der Waals surface area contributed by atoms with Gasteiger partial charge in [0.15, 0.2) is 0 Å². The molecule has 3 nitrogen and oxygen atoms in total. The molecule has 1 saturated heterocycles. The molecule has 4 heteroatoms. The van der Waals surface area contributed by atoms with E-state index in [0.29, 0.717) is 6.04 Å². The standard InChI is InChI=1S/C17H28N2O.ClH/c1-14(2)20-17-8-5-6-15(12-17)13-19-11-4-3-7-16(19)9-10-18;/h5-6,8,12,14,16H,3-4,7,9-11,13,18H2,1-2H3;1H. The zero-order chi connectivity index (χ0) is 14.4. The van der Waals surface area contributed by atoms with Gasteiger partial charge in [0.25, 0.3) is 0 Å². The minimum absolute atomic E-state index is 0. The molecular weight excluding hydrogens is 284 g/mol. The van der Waals surface area contributed by atoms with Crippen LogP contribution >= 0.6 is 12.4 Å². The van der Waals surface area contributed by atoms with Crippen LogP contribution in [0.5, 0.6) is 5.75 Å². The van der Waals surface area contributed by atoms with E-state index in [2.05, 4.69) is 36.9 Å². The van der Waals surface area contributed by atoms with Gasteiger partial charge in [-0.3, -0.25) is 4.90 Å². The third-order valence-electron chi connectivity index (χ3n) is 3.90. The van der Waals surface area contributed by atoms with Gasteiger partial charge in [-0.05, 0) is 63.9 Å². The molecule has 0 aromatic heterocycles. The molecule has 2 N–H and O–H groups in total. The fourth-order valence-electron chi connectivity index (χ4n) is 3.01. The molecule has 1 fully saturated rings. The first-order chi connectivity index (χ1) is 9.69. The zero-order valence-corrected chi connectivity index (χ0v) is 14.1. The molecule has 1 aliphatic rings. The molecule has 2 rings (SSSR count). The van der Waals surface area contributed by atoms with E-state index in [4.69, 9.17) is 10.5 Å². The Hall–Kier alpha value is -0.770. The van der Waals surface area contributed by atoms with Gasteiger partial charge in [0.1, 0.15) is 5.75 Å². The van der Waals surface area contributed by atoms with Crippen LogP contribution in [0, 0.1) is 0 Å². The summed E-state index contributed by atoms with van der Waals surface area (Å²) in [5, 5.41) is 0. The van der Waals surface area contributed by atoms with Gasteiger partial charge in [-0.2, -0.15) is 0 Å². The Morgan fingerprint density at radius 2 is 2.14 bits per heavy atom. The summed E-state index contributed by atoms with van der Waals surface area (Å²) in [4.78, 5) is 2.59. The third kappa shape index (κ3) is 5.85. The molecule has 0 bridgehead atoms. The molecule has 1 heterocycles. The van der Waals surface area contributed by atoms with Crippen molar-refractivity contribution < 1.29 is 4.74 Å². The maximum absolute atomic E-state index is 5.78. The van der Waals surface area contributed by atoms with E-state index in [9.17, 15) is 0 Å². The molecule has 1 aliphatic heterocycles. The SMILES string of the molecule is CC(C)Oc1cccc(CN2CCCCC2CCN)c1.Cl. The fraction of sp³-hybridized carbons (Fsp3) is 0.647. The highest BCUT2D eigenvalue weighted by Gasteiger charge is 2.21. The maximum Gasteiger partial charge on any atom is 0.120 e. The molecular formula is C17H29ClN2O. The first kappa shape index (κ1) is 18.3. The Morgan fingerprint density at radius 1 is 1.33 bits per heavy atom. The number of ether oxygens (including phenoxy) is 1. The topological polar surface area (TPSA) is 38.5 Å². The number of nitrogens with two attached hydrogens (primary N) is 1. The molecule has 120 valence electrons. The highest BCUT2D eigenvalue weighted by molar-refractivity contribution is 5.85. The minimum Gasteiger partial charge on any atom is -0.491 e. The fourth-order valence-corrected chi connectivity index (χ4v) is 3.01. The number of hydrogen-bond acceptors (Lipinski definition) is 3. The van der Waals surface area contributed by atoms with Crippen molar-refractivity contribution in [3.05, 3.63) is 29.8 Å². The van der Waals surface area contributed by atoms with Crippen LogP contribution in [0.15, 0.2) is 24.3 Å². The lowest BCUT2D eigenvalue weighted by atomic mass is 9.98. The van der Waals surface area contributed by atoms with Crippen LogP contribution in [0.4, 0.5) is 0 Å². The Morgan fingerprint density at radius 3 is 2.86 bits per heavy atom. The molecule has 1 unspecified atom stereocenters. The van der Waals surface area contributed by atoms with Crippen molar-refractivity contribution in [1.29, 1.82) is 0 Å². The largest absolute Gasteiger partial charge is 0.491 e. The molecule has 0 spiro atoms. The van der Waals surface area contributed by atoms with Crippen molar-refractivity contribution >= 4 is 12.4 Å². The molecule has 0 saturated carbocycles. The van der Waals surface area contributed by atoms with E-state index in [1.54, 1.807) is 0 Å². The van der Waals surface area contributed by atoms with Crippen LogP contribution in [0.25, 0.3) is 0 Å². The zero-order valence-electron chi connectivity index (χ0n) is 13.3. The van der Waals surface area contributed by atoms with Crippen LogP contribution in [0.3, 0.4) is 0 Å². The summed E-state index contributed by atoms with van der Waals surface area (Å²) in [6, 6.07) is 9.16. The summed E-state index contributed by atoms with van der Waals surface area (Å²) in [5.41, 5.74) is 7.09. The number of nitrogens with zero attached hydrogens (tertiary/aromatic N) is 1. The first-order valence-corrected chi connectivity index (χ1v) is 7.88.